The number of carboxylic acid groups (broad SMARTS) is 2. The summed E-state index contributed by atoms with van der Waals surface area (Å²) in [7, 11) is 0. The first-order valence-corrected chi connectivity index (χ1v) is 48.7. The smallest absolute Gasteiger partial charge is 0.332 e. The number of amides is 6. The predicted molar refractivity (Wildman–Crippen MR) is 486 cm³/mol. The molecule has 4 saturated heterocycles. The minimum absolute atomic E-state index is 0.00594. The van der Waals surface area contributed by atoms with Gasteiger partial charge in [-0.3, -0.25) is 48.3 Å². The molecule has 30 atom stereocenters. The maximum absolute atomic E-state index is 14.5. The number of carboxylic acids is 2. The summed E-state index contributed by atoms with van der Waals surface area (Å²) < 4.78 is 94.0. The van der Waals surface area contributed by atoms with Gasteiger partial charge in [-0.1, -0.05) is 74.6 Å². The Balaban J connectivity index is 0.625. The Hall–Kier alpha value is -9.68. The highest BCUT2D eigenvalue weighted by Gasteiger charge is 2.57. The van der Waals surface area contributed by atoms with Crippen LogP contribution in [0.15, 0.2) is 43.7 Å². The number of carbonyl (C=O) groups excluding carboxylic acids is 6. The molecule has 8 heterocycles. The zero-order chi connectivity index (χ0) is 104. The van der Waals surface area contributed by atoms with Gasteiger partial charge < -0.3 is 186 Å². The number of H-pyrrole nitrogens is 4. The van der Waals surface area contributed by atoms with E-state index < -0.39 is 291 Å². The summed E-state index contributed by atoms with van der Waals surface area (Å²) in [5, 5.41) is 166. The summed E-state index contributed by atoms with van der Waals surface area (Å²) in [4.78, 5) is 170. The molecule has 4 aromatic heterocycles. The predicted octanol–water partition coefficient (Wildman–Crippen LogP) is -10.1. The van der Waals surface area contributed by atoms with Crippen LogP contribution in [0, 0.1) is 23.7 Å². The first-order chi connectivity index (χ1) is 69.6. The first kappa shape index (κ1) is 114. The average Bonchev–Trinajstić information content (AvgIpc) is 1.33. The number of aliphatic hydroxyl groups excluding tert-OH is 10. The number of aromatic amines is 4. The molecule has 8 aliphatic rings. The zero-order valence-corrected chi connectivity index (χ0v) is 80.1. The maximum Gasteiger partial charge on any atom is 0.332 e. The van der Waals surface area contributed by atoms with Crippen LogP contribution in [0.4, 0.5) is 0 Å². The highest BCUT2D eigenvalue weighted by Crippen LogP contribution is 2.41. The van der Waals surface area contributed by atoms with E-state index in [-0.39, 0.29) is 154 Å². The van der Waals surface area contributed by atoms with Gasteiger partial charge in [-0.2, -0.15) is 0 Å². The van der Waals surface area contributed by atoms with Crippen molar-refractivity contribution in [2.45, 2.75) is 314 Å². The van der Waals surface area contributed by atoms with Gasteiger partial charge in [0.15, 0.2) is 37.4 Å². The Kier molecular flexibility index (Phi) is 43.7. The molecular formula is C88H136N18O39. The lowest BCUT2D eigenvalue weighted by molar-refractivity contribution is -0.335. The monoisotopic (exact) mass is 2070 g/mol. The molecule has 6 amide bonds. The van der Waals surface area contributed by atoms with E-state index in [1.54, 1.807) is 0 Å². The fraction of sp³-hybridized carbons (Fsp3) is 0.773. The number of aliphatic carboxylic acids is 2. The van der Waals surface area contributed by atoms with Gasteiger partial charge in [0.2, 0.25) is 23.6 Å². The number of aromatic nitrogens is 10. The number of hydrogen-bond acceptors (Lipinski definition) is 43. The number of nitrogens with zero attached hydrogens (tertiary/aromatic N) is 6. The minimum atomic E-state index is -1.98. The fourth-order valence-electron chi connectivity index (χ4n) is 19.1. The topological polar surface area (TPSA) is 835 Å². The lowest BCUT2D eigenvalue weighted by Crippen LogP contribution is -2.68. The second-order valence-electron chi connectivity index (χ2n) is 37.3. The molecule has 18 unspecified atom stereocenters. The number of nitrogens with one attached hydrogen (secondary N) is 10. The van der Waals surface area contributed by atoms with Gasteiger partial charge in [-0.25, -0.2) is 28.5 Å². The minimum Gasteiger partial charge on any atom is -0.479 e. The van der Waals surface area contributed by atoms with E-state index in [4.69, 9.17) is 82.5 Å². The lowest BCUT2D eigenvalue weighted by Gasteiger charge is -2.49. The van der Waals surface area contributed by atoms with Gasteiger partial charge >= 0.3 is 23.3 Å². The van der Waals surface area contributed by atoms with Gasteiger partial charge in [-0.05, 0) is 64.2 Å². The molecule has 26 N–H and O–H groups in total. The number of rotatable bonds is 52. The standard InChI is InChI=1S/C88H136N18O39/c1-41-65(113)69(117)71(119)85(136-41)144-73-49(93-79(123)51-31-59(109)99-87(129)95-51)27-45(77(121)91-15-13-89)29-53(73)140-83-63(75(67(115)57(37-107)142-83)138-55(81(125)126)25-43-9-5-3-6-10-43)97-61(111)35-105-33-47(101-103-105)39-134-23-21-132-19-17-131-18-20-133-22-24-135-40-48-34-106(104-102-48)36-62(112)98-64-76(139-56(82(127)128)26-44-11-7-4-8-12-44)68(116)58(38-108)143-84(64)141-54-30-46(78(122)92-16-14-90)28-50(94-80(124)52-32-60(110)100-88(130)96-52)74(54)145-86-72(120)70(118)66(114)42(2)137-86/h31-34,41-46,49-50,53-58,63-76,83-86,107-108,113-120H,3-30,35-40,89-90H2,1-2H3,(H,91,121)(H,92,122)(H,93,123)(H,94,124)(H,97,111)(H,98,112)(H,125,126)(H,127,128)(H2,95,99,109,129)(H2,96,100,110,130)/t41?,42?,45?,46?,49?,50?,53-,54-,55+,56+,57?,58?,63?,64?,65-,66-,67+,68+,69?,70?,71?,72?,73?,74?,75?,76?,83-,84-,85+,86+/m1/s1. The van der Waals surface area contributed by atoms with Crippen molar-refractivity contribution in [2.75, 3.05) is 92.2 Å². The lowest BCUT2D eigenvalue weighted by atomic mass is 9.80. The molecule has 812 valence electrons. The van der Waals surface area contributed by atoms with E-state index in [0.29, 0.717) is 25.7 Å². The SMILES string of the molecule is CC1O[C@@H](OC2C(NC(=O)c3cc(=O)[nH]c(=O)[nH]3)CC(C(=O)NCCN)C[C@H]2O[C@@H]2OC(CO)[C@H](O)C(O[C@@H](CC3CCCCC3)C(=O)O)C2NC(=O)Cn2cc(COCCOCCOCCOCCOCc3cn(CC(=O)NC4C(O[C@@H](CC5CCCCC5)C(=O)O)[C@@H](O)C(CO)O[C@H]4O[C@@H]4CC(C(=O)NCCN)CC(NC(=O)c5cc(=O)[nH]c(=O)[nH]5)C4O[C@@H]4OC(C)[C@@H](O)C(O)C4O)nn3)nn2)C(O)C(O)[C@@H]1O. The highest BCUT2D eigenvalue weighted by molar-refractivity contribution is 5.93. The number of nitrogens with two attached hydrogens (primary N) is 2. The number of ether oxygens (including phenoxy) is 15. The molecule has 4 aliphatic heterocycles. The summed E-state index contributed by atoms with van der Waals surface area (Å²) in [5.74, 6) is -10.5. The second-order valence-corrected chi connectivity index (χ2v) is 37.3. The molecule has 4 saturated carbocycles. The van der Waals surface area contributed by atoms with E-state index in [1.165, 1.54) is 26.2 Å². The highest BCUT2D eigenvalue weighted by atomic mass is 16.8. The largest absolute Gasteiger partial charge is 0.479 e. The Morgan fingerprint density at radius 3 is 1.16 bits per heavy atom. The Morgan fingerprint density at radius 2 is 0.814 bits per heavy atom. The molecule has 0 radical (unpaired) electrons. The maximum atomic E-state index is 14.5. The van der Waals surface area contributed by atoms with E-state index >= 15 is 0 Å². The molecule has 57 nitrogen and oxygen atoms in total. The van der Waals surface area contributed by atoms with Crippen molar-refractivity contribution in [2.24, 2.45) is 35.1 Å². The third kappa shape index (κ3) is 32.2. The molecule has 0 aromatic carbocycles. The van der Waals surface area contributed by atoms with Crippen LogP contribution in [0.25, 0.3) is 0 Å². The third-order valence-corrected chi connectivity index (χ3v) is 26.6. The van der Waals surface area contributed by atoms with E-state index in [9.17, 15) is 119 Å². The number of hydrogen-bond donors (Lipinski definition) is 24. The summed E-state index contributed by atoms with van der Waals surface area (Å²) in [6, 6.07) is -4.75. The zero-order valence-electron chi connectivity index (χ0n) is 80.1. The molecule has 145 heavy (non-hydrogen) atoms. The van der Waals surface area contributed by atoms with Crippen LogP contribution < -0.4 is 65.9 Å². The quantitative estimate of drug-likeness (QED) is 0.0183. The summed E-state index contributed by atoms with van der Waals surface area (Å²) in [5.41, 5.74) is 6.92. The van der Waals surface area contributed by atoms with Crippen molar-refractivity contribution < 1.29 is 171 Å². The van der Waals surface area contributed by atoms with E-state index in [2.05, 4.69) is 62.5 Å². The normalized spacial score (nSPS) is 31.6. The second kappa shape index (κ2) is 55.5. The van der Waals surface area contributed by atoms with E-state index in [1.807, 2.05) is 9.97 Å². The van der Waals surface area contributed by atoms with Gasteiger partial charge in [0.05, 0.1) is 128 Å². The van der Waals surface area contributed by atoms with Gasteiger partial charge in [-0.15, -0.1) is 10.2 Å². The van der Waals surface area contributed by atoms with Crippen LogP contribution in [-0.4, -0.2) is 422 Å². The van der Waals surface area contributed by atoms with Gasteiger partial charge in [0, 0.05) is 50.1 Å². The van der Waals surface area contributed by atoms with Crippen LogP contribution in [0.1, 0.15) is 149 Å². The third-order valence-electron chi connectivity index (χ3n) is 26.6. The van der Waals surface area contributed by atoms with Crippen molar-refractivity contribution in [3.8, 4) is 0 Å². The van der Waals surface area contributed by atoms with Crippen molar-refractivity contribution in [3.63, 3.8) is 0 Å². The van der Waals surface area contributed by atoms with Crippen molar-refractivity contribution in [3.05, 3.63) is 89.0 Å². The van der Waals surface area contributed by atoms with E-state index in [0.717, 1.165) is 60.0 Å². The Bertz CT molecular complexity index is 4680. The Morgan fingerprint density at radius 1 is 0.448 bits per heavy atom. The van der Waals surface area contributed by atoms with Gasteiger partial charge in [0.25, 0.3) is 22.9 Å². The molecule has 0 spiro atoms. The summed E-state index contributed by atoms with van der Waals surface area (Å²) in [6.07, 6.45) is -31.7. The van der Waals surface area contributed by atoms with Crippen LogP contribution in [0.5, 0.6) is 0 Å². The molecular weight excluding hydrogens is 1930 g/mol. The van der Waals surface area contributed by atoms with Crippen molar-refractivity contribution >= 4 is 47.4 Å². The molecule has 0 bridgehead atoms. The number of carbonyl (C=O) groups is 8. The fourth-order valence-corrected chi connectivity index (χ4v) is 19.1. The van der Waals surface area contributed by atoms with Crippen LogP contribution in [-0.2, 0) is 126 Å². The molecule has 8 fully saturated rings. The first-order valence-electron chi connectivity index (χ1n) is 48.7. The Labute approximate surface area is 827 Å². The van der Waals surface area contributed by atoms with Crippen molar-refractivity contribution in [1.82, 2.24) is 81.8 Å². The van der Waals surface area contributed by atoms with Crippen LogP contribution in [0.2, 0.25) is 0 Å². The molecule has 4 aromatic rings. The average molecular weight is 2070 g/mol. The van der Waals surface area contributed by atoms with Crippen LogP contribution >= 0.6 is 0 Å². The summed E-state index contributed by atoms with van der Waals surface area (Å²) in [6.45, 7) is 0.309. The van der Waals surface area contributed by atoms with Gasteiger partial charge in [0.1, 0.15) is 133 Å². The number of aliphatic hydroxyl groups is 10. The molecule has 57 heteroatoms. The summed E-state index contributed by atoms with van der Waals surface area (Å²) >= 11 is 0. The van der Waals surface area contributed by atoms with Crippen LogP contribution in [0.3, 0.4) is 0 Å². The van der Waals surface area contributed by atoms with Crippen molar-refractivity contribution in [1.29, 1.82) is 0 Å². The molecule has 4 aliphatic carbocycles. The molecule has 12 rings (SSSR count).